The Balaban J connectivity index is 2.09. The first kappa shape index (κ1) is 11.3. The molecule has 0 saturated heterocycles. The molecule has 1 aromatic carbocycles. The van der Waals surface area contributed by atoms with E-state index in [0.29, 0.717) is 0 Å². The number of imidazole rings is 1. The number of carbonyl (C=O) groups excluding carboxylic acids is 1. The fourth-order valence-electron chi connectivity index (χ4n) is 1.52. The van der Waals surface area contributed by atoms with Crippen LogP contribution in [0.2, 0.25) is 0 Å². The van der Waals surface area contributed by atoms with E-state index in [4.69, 9.17) is 0 Å². The van der Waals surface area contributed by atoms with E-state index in [1.807, 2.05) is 30.3 Å². The lowest BCUT2D eigenvalue weighted by atomic mass is 10.1. The van der Waals surface area contributed by atoms with Gasteiger partial charge < -0.3 is 10.4 Å². The molecule has 0 saturated carbocycles. The molecule has 2 N–H and O–H groups in total. The number of aliphatic hydroxyl groups is 1. The fourth-order valence-corrected chi connectivity index (χ4v) is 1.52. The molecule has 1 aromatic heterocycles. The van der Waals surface area contributed by atoms with Gasteiger partial charge in [0.15, 0.2) is 0 Å². The molecule has 1 amide bonds. The number of hydrogen-bond acceptors (Lipinski definition) is 3. The van der Waals surface area contributed by atoms with E-state index in [-0.39, 0.29) is 12.6 Å². The summed E-state index contributed by atoms with van der Waals surface area (Å²) in [6.07, 6.45) is 4.49. The maximum atomic E-state index is 11.7. The Morgan fingerprint density at radius 3 is 2.76 bits per heavy atom. The van der Waals surface area contributed by atoms with Crippen molar-refractivity contribution in [1.82, 2.24) is 14.9 Å². The van der Waals surface area contributed by atoms with Crippen molar-refractivity contribution in [2.24, 2.45) is 0 Å². The molecule has 0 fully saturated rings. The second-order valence-electron chi connectivity index (χ2n) is 3.57. The average molecular weight is 231 g/mol. The largest absolute Gasteiger partial charge is 0.394 e. The van der Waals surface area contributed by atoms with Gasteiger partial charge in [-0.3, -0.25) is 4.57 Å². The summed E-state index contributed by atoms with van der Waals surface area (Å²) >= 11 is 0. The predicted octanol–water partition coefficient (Wildman–Crippen LogP) is 1.17. The van der Waals surface area contributed by atoms with Crippen LogP contribution < -0.4 is 5.32 Å². The van der Waals surface area contributed by atoms with E-state index in [9.17, 15) is 9.90 Å². The number of nitrogens with one attached hydrogen (secondary N) is 1. The van der Waals surface area contributed by atoms with Crippen molar-refractivity contribution in [2.45, 2.75) is 6.04 Å². The molecule has 0 aliphatic carbocycles. The van der Waals surface area contributed by atoms with Gasteiger partial charge in [0, 0.05) is 12.4 Å². The SMILES string of the molecule is O=C(N[C@H](CO)c1ccccc1)n1ccnc1. The van der Waals surface area contributed by atoms with Crippen molar-refractivity contribution in [2.75, 3.05) is 6.61 Å². The van der Waals surface area contributed by atoms with Crippen LogP contribution in [0.1, 0.15) is 11.6 Å². The lowest BCUT2D eigenvalue weighted by Crippen LogP contribution is -2.33. The molecule has 1 heterocycles. The summed E-state index contributed by atoms with van der Waals surface area (Å²) in [5.41, 5.74) is 0.864. The molecule has 0 aliphatic heterocycles. The molecular weight excluding hydrogens is 218 g/mol. The van der Waals surface area contributed by atoms with Crippen LogP contribution in [0.5, 0.6) is 0 Å². The minimum Gasteiger partial charge on any atom is -0.394 e. The zero-order chi connectivity index (χ0) is 12.1. The Bertz CT molecular complexity index is 468. The maximum Gasteiger partial charge on any atom is 0.327 e. The van der Waals surface area contributed by atoms with Crippen LogP contribution in [-0.4, -0.2) is 27.3 Å². The lowest BCUT2D eigenvalue weighted by molar-refractivity contribution is 0.218. The first-order valence-electron chi connectivity index (χ1n) is 5.26. The van der Waals surface area contributed by atoms with Gasteiger partial charge in [0.05, 0.1) is 12.6 Å². The topological polar surface area (TPSA) is 67.2 Å². The molecule has 1 atom stereocenters. The van der Waals surface area contributed by atoms with Crippen molar-refractivity contribution in [3.63, 3.8) is 0 Å². The molecule has 0 spiro atoms. The van der Waals surface area contributed by atoms with Gasteiger partial charge in [0.25, 0.3) is 0 Å². The first-order valence-corrected chi connectivity index (χ1v) is 5.26. The van der Waals surface area contributed by atoms with Crippen LogP contribution in [0.15, 0.2) is 49.1 Å². The van der Waals surface area contributed by atoms with Gasteiger partial charge in [-0.25, -0.2) is 9.78 Å². The van der Waals surface area contributed by atoms with Crippen molar-refractivity contribution < 1.29 is 9.90 Å². The van der Waals surface area contributed by atoms with E-state index in [1.165, 1.54) is 17.1 Å². The predicted molar refractivity (Wildman–Crippen MR) is 62.4 cm³/mol. The molecule has 5 heteroatoms. The van der Waals surface area contributed by atoms with Gasteiger partial charge in [0.1, 0.15) is 6.33 Å². The highest BCUT2D eigenvalue weighted by Crippen LogP contribution is 2.11. The summed E-state index contributed by atoms with van der Waals surface area (Å²) in [6.45, 7) is -0.148. The summed E-state index contributed by atoms with van der Waals surface area (Å²) < 4.78 is 1.32. The fraction of sp³-hybridized carbons (Fsp3) is 0.167. The number of nitrogens with zero attached hydrogens (tertiary/aromatic N) is 2. The van der Waals surface area contributed by atoms with Gasteiger partial charge in [-0.1, -0.05) is 30.3 Å². The summed E-state index contributed by atoms with van der Waals surface area (Å²) in [7, 11) is 0. The van der Waals surface area contributed by atoms with Crippen molar-refractivity contribution in [3.8, 4) is 0 Å². The van der Waals surface area contributed by atoms with E-state index in [0.717, 1.165) is 5.56 Å². The third-order valence-corrected chi connectivity index (χ3v) is 2.42. The van der Waals surface area contributed by atoms with E-state index in [2.05, 4.69) is 10.3 Å². The number of hydrogen-bond donors (Lipinski definition) is 2. The average Bonchev–Trinajstić information content (AvgIpc) is 2.90. The minimum atomic E-state index is -0.411. The van der Waals surface area contributed by atoms with Crippen molar-refractivity contribution in [1.29, 1.82) is 0 Å². The standard InChI is InChI=1S/C12H13N3O2/c16-8-11(10-4-2-1-3-5-10)14-12(17)15-7-6-13-9-15/h1-7,9,11,16H,8H2,(H,14,17)/t11-/m1/s1. The monoisotopic (exact) mass is 231 g/mol. The molecule has 5 nitrogen and oxygen atoms in total. The summed E-state index contributed by atoms with van der Waals surface area (Å²) in [5.74, 6) is 0. The summed E-state index contributed by atoms with van der Waals surface area (Å²) in [4.78, 5) is 15.5. The second kappa shape index (κ2) is 5.27. The normalized spacial score (nSPS) is 12.1. The molecule has 0 unspecified atom stereocenters. The number of rotatable bonds is 3. The molecular formula is C12H13N3O2. The quantitative estimate of drug-likeness (QED) is 0.833. The van der Waals surface area contributed by atoms with Crippen LogP contribution in [0.25, 0.3) is 0 Å². The zero-order valence-corrected chi connectivity index (χ0v) is 9.15. The van der Waals surface area contributed by atoms with Crippen LogP contribution >= 0.6 is 0 Å². The number of amides is 1. The summed E-state index contributed by atoms with van der Waals surface area (Å²) in [5, 5.41) is 12.0. The van der Waals surface area contributed by atoms with Crippen LogP contribution in [0.3, 0.4) is 0 Å². The smallest absolute Gasteiger partial charge is 0.327 e. The molecule has 2 aromatic rings. The van der Waals surface area contributed by atoms with Gasteiger partial charge in [-0.05, 0) is 5.56 Å². The van der Waals surface area contributed by atoms with Gasteiger partial charge in [-0.2, -0.15) is 0 Å². The highest BCUT2D eigenvalue weighted by Gasteiger charge is 2.13. The Kier molecular flexibility index (Phi) is 3.52. The molecule has 2 rings (SSSR count). The molecule has 17 heavy (non-hydrogen) atoms. The summed E-state index contributed by atoms with van der Waals surface area (Å²) in [6, 6.07) is 8.60. The van der Waals surface area contributed by atoms with Gasteiger partial charge in [0.2, 0.25) is 0 Å². The highest BCUT2D eigenvalue weighted by atomic mass is 16.3. The number of aliphatic hydroxyl groups excluding tert-OH is 1. The molecule has 0 radical (unpaired) electrons. The molecule has 0 aliphatic rings. The Morgan fingerprint density at radius 1 is 1.41 bits per heavy atom. The minimum absolute atomic E-state index is 0.148. The Morgan fingerprint density at radius 2 is 2.18 bits per heavy atom. The maximum absolute atomic E-state index is 11.7. The molecule has 0 bridgehead atoms. The van der Waals surface area contributed by atoms with Crippen LogP contribution in [0, 0.1) is 0 Å². The van der Waals surface area contributed by atoms with Crippen molar-refractivity contribution >= 4 is 6.03 Å². The first-order chi connectivity index (χ1) is 8.31. The Hall–Kier alpha value is -2.14. The van der Waals surface area contributed by atoms with Crippen LogP contribution in [-0.2, 0) is 0 Å². The third kappa shape index (κ3) is 2.70. The Labute approximate surface area is 98.7 Å². The highest BCUT2D eigenvalue weighted by molar-refractivity contribution is 5.76. The number of benzene rings is 1. The third-order valence-electron chi connectivity index (χ3n) is 2.42. The van der Waals surface area contributed by atoms with Crippen LogP contribution in [0.4, 0.5) is 4.79 Å². The van der Waals surface area contributed by atoms with E-state index >= 15 is 0 Å². The second-order valence-corrected chi connectivity index (χ2v) is 3.57. The lowest BCUT2D eigenvalue weighted by Gasteiger charge is -2.16. The van der Waals surface area contributed by atoms with E-state index < -0.39 is 6.04 Å². The zero-order valence-electron chi connectivity index (χ0n) is 9.15. The van der Waals surface area contributed by atoms with Crippen molar-refractivity contribution in [3.05, 3.63) is 54.6 Å². The number of carbonyl (C=O) groups is 1. The van der Waals surface area contributed by atoms with Gasteiger partial charge >= 0.3 is 6.03 Å². The molecule has 88 valence electrons. The van der Waals surface area contributed by atoms with E-state index in [1.54, 1.807) is 6.20 Å². The number of aromatic nitrogens is 2. The van der Waals surface area contributed by atoms with Gasteiger partial charge in [-0.15, -0.1) is 0 Å².